The third-order valence-electron chi connectivity index (χ3n) is 5.85. The Labute approximate surface area is 152 Å². The molecule has 3 nitrogen and oxygen atoms in total. The van der Waals surface area contributed by atoms with Crippen LogP contribution in [0.15, 0.2) is 30.3 Å². The zero-order valence-electron chi connectivity index (χ0n) is 14.7. The maximum atomic E-state index is 12.9. The van der Waals surface area contributed by atoms with E-state index in [0.717, 1.165) is 58.0 Å². The van der Waals surface area contributed by atoms with E-state index < -0.39 is 0 Å². The molecule has 1 saturated heterocycles. The van der Waals surface area contributed by atoms with Crippen LogP contribution in [0.25, 0.3) is 0 Å². The number of likely N-dealkylation sites (tertiary alicyclic amines) is 1. The summed E-state index contributed by atoms with van der Waals surface area (Å²) in [5.41, 5.74) is 7.52. The van der Waals surface area contributed by atoms with Crippen LogP contribution in [0.2, 0.25) is 0 Å². The minimum atomic E-state index is -0.309. The van der Waals surface area contributed by atoms with Crippen molar-refractivity contribution in [3.63, 3.8) is 0 Å². The van der Waals surface area contributed by atoms with Crippen LogP contribution >= 0.6 is 12.4 Å². The Kier molecular flexibility index (Phi) is 6.70. The van der Waals surface area contributed by atoms with Gasteiger partial charge < -0.3 is 10.6 Å². The van der Waals surface area contributed by atoms with Crippen molar-refractivity contribution in [1.82, 2.24) is 4.90 Å². The Morgan fingerprint density at radius 1 is 1.17 bits per heavy atom. The van der Waals surface area contributed by atoms with E-state index >= 15 is 0 Å². The van der Waals surface area contributed by atoms with Gasteiger partial charge in [-0.3, -0.25) is 4.79 Å². The van der Waals surface area contributed by atoms with Gasteiger partial charge in [-0.25, -0.2) is 0 Å². The monoisotopic (exact) mass is 350 g/mol. The minimum absolute atomic E-state index is 0. The van der Waals surface area contributed by atoms with E-state index in [1.54, 1.807) is 0 Å². The number of carbonyl (C=O) groups excluding carboxylic acids is 1. The number of carbonyl (C=O) groups is 1. The van der Waals surface area contributed by atoms with Crippen LogP contribution in [-0.2, 0) is 11.2 Å². The predicted octanol–water partition coefficient (Wildman–Crippen LogP) is 3.80. The summed E-state index contributed by atoms with van der Waals surface area (Å²) in [4.78, 5) is 15.0. The molecule has 4 heteroatoms. The van der Waals surface area contributed by atoms with Gasteiger partial charge in [0.15, 0.2) is 0 Å². The average Bonchev–Trinajstić information content (AvgIpc) is 2.55. The summed E-state index contributed by atoms with van der Waals surface area (Å²) in [6.07, 6.45) is 7.64. The normalized spacial score (nSPS) is 28.2. The Morgan fingerprint density at radius 2 is 1.83 bits per heavy atom. The minimum Gasteiger partial charge on any atom is -0.342 e. The average molecular weight is 351 g/mol. The second-order valence-electron chi connectivity index (χ2n) is 7.76. The van der Waals surface area contributed by atoms with Crippen LogP contribution in [0.4, 0.5) is 0 Å². The SMILES string of the molecule is CC1(N)CCCCC1C(=O)N1CCC(Cc2ccccc2)CC1.Cl. The lowest BCUT2D eigenvalue weighted by Gasteiger charge is -2.41. The summed E-state index contributed by atoms with van der Waals surface area (Å²) in [6.45, 7) is 3.88. The highest BCUT2D eigenvalue weighted by Crippen LogP contribution is 2.34. The van der Waals surface area contributed by atoms with Crippen molar-refractivity contribution in [3.8, 4) is 0 Å². The first kappa shape index (κ1) is 19.3. The van der Waals surface area contributed by atoms with Crippen LogP contribution < -0.4 is 5.73 Å². The van der Waals surface area contributed by atoms with Crippen molar-refractivity contribution in [2.24, 2.45) is 17.6 Å². The van der Waals surface area contributed by atoms with E-state index in [-0.39, 0.29) is 23.9 Å². The Bertz CT molecular complexity index is 524. The van der Waals surface area contributed by atoms with E-state index in [2.05, 4.69) is 42.2 Å². The van der Waals surface area contributed by atoms with E-state index in [1.807, 2.05) is 0 Å². The standard InChI is InChI=1S/C20H30N2O.ClH/c1-20(21)12-6-5-9-18(20)19(23)22-13-10-17(11-14-22)15-16-7-3-2-4-8-16;/h2-4,7-8,17-18H,5-6,9-15,21H2,1H3;1H. The van der Waals surface area contributed by atoms with Crippen molar-refractivity contribution in [3.05, 3.63) is 35.9 Å². The van der Waals surface area contributed by atoms with Gasteiger partial charge in [0, 0.05) is 18.6 Å². The fourth-order valence-corrected chi connectivity index (χ4v) is 4.29. The molecule has 3 rings (SSSR count). The summed E-state index contributed by atoms with van der Waals surface area (Å²) in [6, 6.07) is 10.7. The number of rotatable bonds is 3. The van der Waals surface area contributed by atoms with Crippen LogP contribution in [0.1, 0.15) is 51.0 Å². The number of halogens is 1. The fraction of sp³-hybridized carbons (Fsp3) is 0.650. The van der Waals surface area contributed by atoms with Crippen molar-refractivity contribution >= 4 is 18.3 Å². The van der Waals surface area contributed by atoms with Crippen molar-refractivity contribution in [2.45, 2.75) is 57.4 Å². The molecule has 1 heterocycles. The molecule has 2 atom stereocenters. The van der Waals surface area contributed by atoms with Gasteiger partial charge in [-0.15, -0.1) is 12.4 Å². The lowest BCUT2D eigenvalue weighted by molar-refractivity contribution is -0.140. The number of amides is 1. The molecule has 2 fully saturated rings. The molecule has 0 bridgehead atoms. The van der Waals surface area contributed by atoms with Gasteiger partial charge in [-0.2, -0.15) is 0 Å². The maximum absolute atomic E-state index is 12.9. The smallest absolute Gasteiger partial charge is 0.227 e. The first-order valence-electron chi connectivity index (χ1n) is 9.18. The molecule has 2 N–H and O–H groups in total. The molecule has 1 aromatic rings. The van der Waals surface area contributed by atoms with Gasteiger partial charge in [0.2, 0.25) is 5.91 Å². The van der Waals surface area contributed by atoms with E-state index in [0.29, 0.717) is 11.8 Å². The Morgan fingerprint density at radius 3 is 2.46 bits per heavy atom. The highest BCUT2D eigenvalue weighted by molar-refractivity contribution is 5.85. The predicted molar refractivity (Wildman–Crippen MR) is 101 cm³/mol. The zero-order chi connectivity index (χ0) is 16.3. The van der Waals surface area contributed by atoms with E-state index in [1.165, 1.54) is 5.56 Å². The lowest BCUT2D eigenvalue weighted by Crippen LogP contribution is -2.54. The molecular formula is C20H31ClN2O. The topological polar surface area (TPSA) is 46.3 Å². The van der Waals surface area contributed by atoms with E-state index in [9.17, 15) is 4.79 Å². The summed E-state index contributed by atoms with van der Waals surface area (Å²) < 4.78 is 0. The molecule has 0 spiro atoms. The molecule has 1 aliphatic carbocycles. The number of benzene rings is 1. The van der Waals surface area contributed by atoms with Crippen LogP contribution in [0.3, 0.4) is 0 Å². The summed E-state index contributed by atoms with van der Waals surface area (Å²) >= 11 is 0. The first-order valence-corrected chi connectivity index (χ1v) is 9.18. The molecule has 2 unspecified atom stereocenters. The molecule has 24 heavy (non-hydrogen) atoms. The second kappa shape index (κ2) is 8.35. The van der Waals surface area contributed by atoms with Crippen LogP contribution in [0.5, 0.6) is 0 Å². The van der Waals surface area contributed by atoms with Crippen LogP contribution in [0, 0.1) is 11.8 Å². The molecule has 2 aliphatic rings. The summed E-state index contributed by atoms with van der Waals surface area (Å²) in [7, 11) is 0. The molecule has 134 valence electrons. The number of piperidine rings is 1. The number of hydrogen-bond donors (Lipinski definition) is 1. The Balaban J connectivity index is 0.00000208. The lowest BCUT2D eigenvalue weighted by atomic mass is 9.73. The van der Waals surface area contributed by atoms with Gasteiger partial charge in [0.1, 0.15) is 0 Å². The highest BCUT2D eigenvalue weighted by Gasteiger charge is 2.40. The summed E-state index contributed by atoms with van der Waals surface area (Å²) in [5.74, 6) is 1.05. The molecule has 1 saturated carbocycles. The van der Waals surface area contributed by atoms with Crippen LogP contribution in [-0.4, -0.2) is 29.4 Å². The van der Waals surface area contributed by atoms with Crippen molar-refractivity contribution < 1.29 is 4.79 Å². The first-order chi connectivity index (χ1) is 11.1. The molecule has 1 aromatic carbocycles. The third kappa shape index (κ3) is 4.52. The van der Waals surface area contributed by atoms with Crippen molar-refractivity contribution in [1.29, 1.82) is 0 Å². The van der Waals surface area contributed by atoms with Gasteiger partial charge in [-0.05, 0) is 50.5 Å². The van der Waals surface area contributed by atoms with Gasteiger partial charge in [0.25, 0.3) is 0 Å². The highest BCUT2D eigenvalue weighted by atomic mass is 35.5. The number of nitrogens with zero attached hydrogens (tertiary/aromatic N) is 1. The summed E-state index contributed by atoms with van der Waals surface area (Å²) in [5, 5.41) is 0. The molecular weight excluding hydrogens is 320 g/mol. The molecule has 0 radical (unpaired) electrons. The third-order valence-corrected chi connectivity index (χ3v) is 5.85. The molecule has 1 aliphatic heterocycles. The van der Waals surface area contributed by atoms with Gasteiger partial charge >= 0.3 is 0 Å². The zero-order valence-corrected chi connectivity index (χ0v) is 15.6. The number of nitrogens with two attached hydrogens (primary N) is 1. The fourth-order valence-electron chi connectivity index (χ4n) is 4.29. The molecule has 0 aromatic heterocycles. The van der Waals surface area contributed by atoms with Crippen molar-refractivity contribution in [2.75, 3.05) is 13.1 Å². The van der Waals surface area contributed by atoms with E-state index in [4.69, 9.17) is 5.73 Å². The largest absolute Gasteiger partial charge is 0.342 e. The Hall–Kier alpha value is -1.06. The maximum Gasteiger partial charge on any atom is 0.227 e. The quantitative estimate of drug-likeness (QED) is 0.901. The second-order valence-corrected chi connectivity index (χ2v) is 7.76. The van der Waals surface area contributed by atoms with Gasteiger partial charge in [-0.1, -0.05) is 43.2 Å². The number of hydrogen-bond acceptors (Lipinski definition) is 2. The van der Waals surface area contributed by atoms with Gasteiger partial charge in [0.05, 0.1) is 5.92 Å². The molecule has 1 amide bonds.